The van der Waals surface area contributed by atoms with E-state index in [1.807, 2.05) is 6.92 Å². The van der Waals surface area contributed by atoms with Gasteiger partial charge in [-0.15, -0.1) is 0 Å². The van der Waals surface area contributed by atoms with Crippen molar-refractivity contribution in [2.45, 2.75) is 57.5 Å². The van der Waals surface area contributed by atoms with Gasteiger partial charge in [0.1, 0.15) is 5.82 Å². The third-order valence-electron chi connectivity index (χ3n) is 4.33. The molecule has 1 fully saturated rings. The molecule has 1 aromatic rings. The van der Waals surface area contributed by atoms with E-state index in [4.69, 9.17) is 5.73 Å². The number of rotatable bonds is 6. The van der Waals surface area contributed by atoms with E-state index in [1.165, 1.54) is 25.0 Å². The smallest absolute Gasteiger partial charge is 0.237 e. The molecule has 2 rings (SSSR count). The Labute approximate surface area is 126 Å². The van der Waals surface area contributed by atoms with Gasteiger partial charge >= 0.3 is 0 Å². The highest BCUT2D eigenvalue weighted by atomic mass is 19.1. The Morgan fingerprint density at radius 3 is 2.52 bits per heavy atom. The molecule has 2 unspecified atom stereocenters. The maximum atomic E-state index is 13.1. The topological polar surface area (TPSA) is 55.1 Å². The molecular weight excluding hydrogens is 267 g/mol. The summed E-state index contributed by atoms with van der Waals surface area (Å²) < 4.78 is 13.1. The summed E-state index contributed by atoms with van der Waals surface area (Å²) in [7, 11) is 0. The van der Waals surface area contributed by atoms with E-state index in [1.54, 1.807) is 12.1 Å². The van der Waals surface area contributed by atoms with Crippen molar-refractivity contribution in [1.29, 1.82) is 0 Å². The first-order valence-corrected chi connectivity index (χ1v) is 7.93. The molecule has 4 heteroatoms. The molecule has 0 radical (unpaired) electrons. The van der Waals surface area contributed by atoms with E-state index in [0.717, 1.165) is 24.8 Å². The van der Waals surface area contributed by atoms with Gasteiger partial charge in [-0.25, -0.2) is 4.39 Å². The number of hydrogen-bond donors (Lipinski definition) is 2. The van der Waals surface area contributed by atoms with Crippen LogP contribution in [0.2, 0.25) is 0 Å². The summed E-state index contributed by atoms with van der Waals surface area (Å²) in [5.41, 5.74) is 6.88. The van der Waals surface area contributed by atoms with Gasteiger partial charge in [0.2, 0.25) is 5.91 Å². The van der Waals surface area contributed by atoms with Crippen molar-refractivity contribution in [2.75, 3.05) is 0 Å². The summed E-state index contributed by atoms with van der Waals surface area (Å²) >= 11 is 0. The minimum Gasteiger partial charge on any atom is -0.348 e. The largest absolute Gasteiger partial charge is 0.348 e. The normalized spacial score (nSPS) is 18.4. The van der Waals surface area contributed by atoms with E-state index in [-0.39, 0.29) is 17.8 Å². The summed E-state index contributed by atoms with van der Waals surface area (Å²) in [6, 6.07) is 5.93. The third kappa shape index (κ3) is 4.27. The molecule has 0 spiro atoms. The number of benzene rings is 1. The van der Waals surface area contributed by atoms with Gasteiger partial charge in [-0.3, -0.25) is 4.79 Å². The van der Waals surface area contributed by atoms with E-state index in [0.29, 0.717) is 12.3 Å². The van der Waals surface area contributed by atoms with Crippen LogP contribution in [0, 0.1) is 11.7 Å². The van der Waals surface area contributed by atoms with Gasteiger partial charge in [-0.2, -0.15) is 0 Å². The van der Waals surface area contributed by atoms with Crippen molar-refractivity contribution in [3.05, 3.63) is 35.6 Å². The molecule has 1 aromatic carbocycles. The van der Waals surface area contributed by atoms with Gasteiger partial charge in [0.05, 0.1) is 12.1 Å². The van der Waals surface area contributed by atoms with Gasteiger partial charge in [0.25, 0.3) is 0 Å². The zero-order valence-electron chi connectivity index (χ0n) is 12.6. The lowest BCUT2D eigenvalue weighted by molar-refractivity contribution is -0.123. The van der Waals surface area contributed by atoms with Gasteiger partial charge in [0, 0.05) is 0 Å². The van der Waals surface area contributed by atoms with Crippen LogP contribution in [0.1, 0.15) is 57.1 Å². The number of amides is 1. The van der Waals surface area contributed by atoms with Crippen molar-refractivity contribution in [1.82, 2.24) is 5.32 Å². The van der Waals surface area contributed by atoms with E-state index in [9.17, 15) is 9.18 Å². The summed E-state index contributed by atoms with van der Waals surface area (Å²) in [6.07, 6.45) is 6.17. The van der Waals surface area contributed by atoms with Crippen LogP contribution in [0.15, 0.2) is 24.3 Å². The number of hydrogen-bond acceptors (Lipinski definition) is 2. The van der Waals surface area contributed by atoms with Gasteiger partial charge in [-0.05, 0) is 42.9 Å². The number of nitrogens with one attached hydrogen (secondary N) is 1. The molecule has 21 heavy (non-hydrogen) atoms. The molecular formula is C17H25FN2O. The Morgan fingerprint density at radius 1 is 1.33 bits per heavy atom. The van der Waals surface area contributed by atoms with E-state index >= 15 is 0 Å². The first kappa shape index (κ1) is 16.0. The highest BCUT2D eigenvalue weighted by molar-refractivity contribution is 5.81. The zero-order valence-corrected chi connectivity index (χ0v) is 12.6. The van der Waals surface area contributed by atoms with Crippen molar-refractivity contribution in [3.8, 4) is 0 Å². The van der Waals surface area contributed by atoms with Crippen LogP contribution in [0.3, 0.4) is 0 Å². The molecule has 3 N–H and O–H groups in total. The molecule has 1 saturated carbocycles. The lowest BCUT2D eigenvalue weighted by Gasteiger charge is -2.26. The van der Waals surface area contributed by atoms with Gasteiger partial charge < -0.3 is 11.1 Å². The Kier molecular flexibility index (Phi) is 5.74. The van der Waals surface area contributed by atoms with Gasteiger partial charge in [0.15, 0.2) is 0 Å². The van der Waals surface area contributed by atoms with Crippen LogP contribution < -0.4 is 11.1 Å². The average Bonchev–Trinajstić information content (AvgIpc) is 3.00. The summed E-state index contributed by atoms with van der Waals surface area (Å²) in [4.78, 5) is 12.2. The van der Waals surface area contributed by atoms with Crippen molar-refractivity contribution in [2.24, 2.45) is 11.7 Å². The fourth-order valence-electron chi connectivity index (χ4n) is 3.14. The van der Waals surface area contributed by atoms with E-state index < -0.39 is 6.04 Å². The summed E-state index contributed by atoms with van der Waals surface area (Å²) in [5.74, 6) is 0.0734. The second-order valence-electron chi connectivity index (χ2n) is 5.98. The summed E-state index contributed by atoms with van der Waals surface area (Å²) in [5, 5.41) is 3.09. The first-order chi connectivity index (χ1) is 10.1. The molecule has 116 valence electrons. The lowest BCUT2D eigenvalue weighted by atomic mass is 9.91. The third-order valence-corrected chi connectivity index (χ3v) is 4.33. The first-order valence-electron chi connectivity index (χ1n) is 7.93. The standard InChI is InChI=1S/C17H25FN2O/c1-2-5-15(19)17(21)20-16(12-6-3-4-7-12)13-8-10-14(18)11-9-13/h8-12,15-16H,2-7,19H2,1H3,(H,20,21). The second-order valence-corrected chi connectivity index (χ2v) is 5.98. The summed E-state index contributed by atoms with van der Waals surface area (Å²) in [6.45, 7) is 2.02. The molecule has 2 atom stereocenters. The molecule has 3 nitrogen and oxygen atoms in total. The predicted octanol–water partition coefficient (Wildman–Crippen LogP) is 3.30. The maximum absolute atomic E-state index is 13.1. The monoisotopic (exact) mass is 292 g/mol. The highest BCUT2D eigenvalue weighted by Crippen LogP contribution is 2.35. The van der Waals surface area contributed by atoms with Crippen LogP contribution in [-0.4, -0.2) is 11.9 Å². The number of carbonyl (C=O) groups is 1. The molecule has 1 amide bonds. The zero-order chi connectivity index (χ0) is 15.2. The van der Waals surface area contributed by atoms with Crippen LogP contribution in [0.4, 0.5) is 4.39 Å². The molecule has 0 saturated heterocycles. The minimum atomic E-state index is -0.459. The SMILES string of the molecule is CCCC(N)C(=O)NC(c1ccc(F)cc1)C1CCCC1. The van der Waals surface area contributed by atoms with Crippen molar-refractivity contribution in [3.63, 3.8) is 0 Å². The molecule has 0 bridgehead atoms. The Morgan fingerprint density at radius 2 is 1.95 bits per heavy atom. The van der Waals surface area contributed by atoms with Crippen LogP contribution in [-0.2, 0) is 4.79 Å². The minimum absolute atomic E-state index is 0.0523. The molecule has 0 aliphatic heterocycles. The molecule has 0 aromatic heterocycles. The van der Waals surface area contributed by atoms with Crippen molar-refractivity contribution < 1.29 is 9.18 Å². The fourth-order valence-corrected chi connectivity index (χ4v) is 3.14. The van der Waals surface area contributed by atoms with Crippen LogP contribution in [0.25, 0.3) is 0 Å². The second kappa shape index (κ2) is 7.55. The van der Waals surface area contributed by atoms with Crippen LogP contribution >= 0.6 is 0 Å². The van der Waals surface area contributed by atoms with Crippen molar-refractivity contribution >= 4 is 5.91 Å². The van der Waals surface area contributed by atoms with E-state index in [2.05, 4.69) is 5.32 Å². The lowest BCUT2D eigenvalue weighted by Crippen LogP contribution is -2.43. The molecule has 1 aliphatic rings. The quantitative estimate of drug-likeness (QED) is 0.845. The fraction of sp³-hybridized carbons (Fsp3) is 0.588. The number of halogens is 1. The number of carbonyl (C=O) groups excluding carboxylic acids is 1. The Bertz CT molecular complexity index is 454. The Balaban J connectivity index is 2.12. The molecule has 1 aliphatic carbocycles. The maximum Gasteiger partial charge on any atom is 0.237 e. The molecule has 0 heterocycles. The number of nitrogens with two attached hydrogens (primary N) is 1. The van der Waals surface area contributed by atoms with Crippen LogP contribution in [0.5, 0.6) is 0 Å². The highest BCUT2D eigenvalue weighted by Gasteiger charge is 2.28. The average molecular weight is 292 g/mol. The Hall–Kier alpha value is -1.42. The predicted molar refractivity (Wildman–Crippen MR) is 82.1 cm³/mol. The van der Waals surface area contributed by atoms with Gasteiger partial charge in [-0.1, -0.05) is 38.3 Å².